The Morgan fingerprint density at radius 3 is 2.88 bits per heavy atom. The van der Waals surface area contributed by atoms with Crippen LogP contribution in [0.4, 0.5) is 0 Å². The van der Waals surface area contributed by atoms with Gasteiger partial charge in [-0.3, -0.25) is 0 Å². The molecule has 0 aromatic carbocycles. The van der Waals surface area contributed by atoms with Crippen LogP contribution in [-0.2, 0) is 5.75 Å². The summed E-state index contributed by atoms with van der Waals surface area (Å²) in [6.07, 6.45) is -0.279. The van der Waals surface area contributed by atoms with Gasteiger partial charge in [-0.05, 0) is 13.0 Å². The minimum atomic E-state index is -0.279. The molecular weight excluding hydrogens is 240 g/mol. The molecule has 2 unspecified atom stereocenters. The first-order valence-electron chi connectivity index (χ1n) is 5.10. The molecule has 88 valence electrons. The van der Waals surface area contributed by atoms with E-state index in [-0.39, 0.29) is 18.0 Å². The van der Waals surface area contributed by atoms with E-state index in [1.807, 2.05) is 25.3 Å². The van der Waals surface area contributed by atoms with Crippen molar-refractivity contribution in [2.45, 2.75) is 31.0 Å². The van der Waals surface area contributed by atoms with Gasteiger partial charge in [-0.1, -0.05) is 18.8 Å². The Morgan fingerprint density at radius 1 is 1.50 bits per heavy atom. The smallest absolute Gasteiger partial charge is 0.104 e. The van der Waals surface area contributed by atoms with Crippen molar-refractivity contribution >= 4 is 23.1 Å². The summed E-state index contributed by atoms with van der Waals surface area (Å²) in [4.78, 5) is 1.25. The van der Waals surface area contributed by atoms with E-state index in [0.717, 1.165) is 11.3 Å². The van der Waals surface area contributed by atoms with Crippen LogP contribution >= 0.6 is 23.1 Å². The number of aliphatic hydroxyl groups is 2. The third kappa shape index (κ3) is 4.58. The van der Waals surface area contributed by atoms with E-state index in [1.54, 1.807) is 23.1 Å². The van der Waals surface area contributed by atoms with Gasteiger partial charge in [0, 0.05) is 26.8 Å². The van der Waals surface area contributed by atoms with Crippen LogP contribution in [0.1, 0.15) is 24.3 Å². The van der Waals surface area contributed by atoms with Crippen molar-refractivity contribution in [2.24, 2.45) is 0 Å². The van der Waals surface area contributed by atoms with Crippen LogP contribution in [0.3, 0.4) is 0 Å². The molecule has 0 fully saturated rings. The lowest BCUT2D eigenvalue weighted by Gasteiger charge is -2.12. The van der Waals surface area contributed by atoms with E-state index in [2.05, 4.69) is 11.8 Å². The Morgan fingerprint density at radius 2 is 2.25 bits per heavy atom. The third-order valence-corrected chi connectivity index (χ3v) is 4.65. The highest BCUT2D eigenvalue weighted by molar-refractivity contribution is 7.99. The maximum atomic E-state index is 9.35. The van der Waals surface area contributed by atoms with Gasteiger partial charge in [-0.15, -0.1) is 11.3 Å². The molecule has 0 radical (unpaired) electrons. The number of rotatable bonds is 4. The minimum absolute atomic E-state index is 0.0982. The summed E-state index contributed by atoms with van der Waals surface area (Å²) >= 11 is 3.40. The predicted molar refractivity (Wildman–Crippen MR) is 70.7 cm³/mol. The summed E-state index contributed by atoms with van der Waals surface area (Å²) in [6.45, 7) is 3.73. The van der Waals surface area contributed by atoms with Crippen molar-refractivity contribution in [1.29, 1.82) is 0 Å². The van der Waals surface area contributed by atoms with Crippen molar-refractivity contribution in [3.63, 3.8) is 0 Å². The quantitative estimate of drug-likeness (QED) is 0.811. The van der Waals surface area contributed by atoms with Gasteiger partial charge in [-0.2, -0.15) is 11.8 Å². The summed E-state index contributed by atoms with van der Waals surface area (Å²) < 4.78 is 0. The van der Waals surface area contributed by atoms with Gasteiger partial charge in [0.2, 0.25) is 0 Å². The zero-order chi connectivity index (χ0) is 12.0. The van der Waals surface area contributed by atoms with Crippen LogP contribution in [0, 0.1) is 11.8 Å². The van der Waals surface area contributed by atoms with E-state index < -0.39 is 0 Å². The molecule has 0 aliphatic carbocycles. The average Bonchev–Trinajstić information content (AvgIpc) is 2.70. The Kier molecular flexibility index (Phi) is 5.93. The van der Waals surface area contributed by atoms with Gasteiger partial charge in [-0.25, -0.2) is 0 Å². The topological polar surface area (TPSA) is 40.5 Å². The Hall–Kier alpha value is -0.470. The molecule has 0 bridgehead atoms. The lowest BCUT2D eigenvalue weighted by molar-refractivity contribution is 0.196. The zero-order valence-electron chi connectivity index (χ0n) is 9.43. The first-order chi connectivity index (χ1) is 7.63. The number of thioether (sulfide) groups is 1. The fourth-order valence-corrected chi connectivity index (χ4v) is 2.88. The van der Waals surface area contributed by atoms with Crippen molar-refractivity contribution in [2.75, 3.05) is 6.61 Å². The molecule has 0 spiro atoms. The standard InChI is InChI=1S/C12H16O2S2/c1-9(14)10(2)15-8-12-6-11(7-16-12)4-3-5-13/h6-7,9-10,13-14H,5,8H2,1-2H3. The SMILES string of the molecule is CC(O)C(C)SCc1cc(C#CCO)cs1. The van der Waals surface area contributed by atoms with Crippen LogP contribution in [0.25, 0.3) is 0 Å². The van der Waals surface area contributed by atoms with E-state index >= 15 is 0 Å². The van der Waals surface area contributed by atoms with E-state index in [0.29, 0.717) is 0 Å². The second-order valence-electron chi connectivity index (χ2n) is 3.52. The maximum Gasteiger partial charge on any atom is 0.104 e. The van der Waals surface area contributed by atoms with Gasteiger partial charge < -0.3 is 10.2 Å². The van der Waals surface area contributed by atoms with E-state index in [1.165, 1.54) is 4.88 Å². The first kappa shape index (κ1) is 13.6. The molecule has 2 atom stereocenters. The molecule has 1 aromatic heterocycles. The fraction of sp³-hybridized carbons (Fsp3) is 0.500. The zero-order valence-corrected chi connectivity index (χ0v) is 11.1. The Labute approximate surface area is 105 Å². The summed E-state index contributed by atoms with van der Waals surface area (Å²) in [5.74, 6) is 6.40. The maximum absolute atomic E-state index is 9.35. The largest absolute Gasteiger partial charge is 0.392 e. The molecular formula is C12H16O2S2. The van der Waals surface area contributed by atoms with Gasteiger partial charge in [0.05, 0.1) is 6.10 Å². The summed E-state index contributed by atoms with van der Waals surface area (Å²) in [7, 11) is 0. The van der Waals surface area contributed by atoms with Crippen LogP contribution in [-0.4, -0.2) is 28.2 Å². The molecule has 0 saturated carbocycles. The molecule has 1 aromatic rings. The average molecular weight is 256 g/mol. The predicted octanol–water partition coefficient (Wildman–Crippen LogP) is 2.09. The van der Waals surface area contributed by atoms with Gasteiger partial charge in [0.1, 0.15) is 6.61 Å². The molecule has 0 aliphatic heterocycles. The summed E-state index contributed by atoms with van der Waals surface area (Å²) in [5, 5.41) is 20.2. The highest BCUT2D eigenvalue weighted by Crippen LogP contribution is 2.24. The molecule has 1 rings (SSSR count). The van der Waals surface area contributed by atoms with Gasteiger partial charge in [0.25, 0.3) is 0 Å². The van der Waals surface area contributed by atoms with Crippen molar-refractivity contribution in [3.05, 3.63) is 21.9 Å². The Balaban J connectivity index is 2.46. The lowest BCUT2D eigenvalue weighted by Crippen LogP contribution is -2.15. The van der Waals surface area contributed by atoms with Crippen LogP contribution in [0.5, 0.6) is 0 Å². The van der Waals surface area contributed by atoms with Crippen molar-refractivity contribution in [1.82, 2.24) is 0 Å². The highest BCUT2D eigenvalue weighted by Gasteiger charge is 2.09. The molecule has 2 nitrogen and oxygen atoms in total. The molecule has 16 heavy (non-hydrogen) atoms. The third-order valence-electron chi connectivity index (χ3n) is 2.13. The van der Waals surface area contributed by atoms with E-state index in [4.69, 9.17) is 5.11 Å². The summed E-state index contributed by atoms with van der Waals surface area (Å²) in [5.41, 5.74) is 0.958. The second-order valence-corrected chi connectivity index (χ2v) is 5.88. The highest BCUT2D eigenvalue weighted by atomic mass is 32.2. The van der Waals surface area contributed by atoms with Crippen LogP contribution in [0.2, 0.25) is 0 Å². The van der Waals surface area contributed by atoms with Gasteiger partial charge in [0.15, 0.2) is 0 Å². The molecule has 4 heteroatoms. The first-order valence-corrected chi connectivity index (χ1v) is 7.03. The summed E-state index contributed by atoms with van der Waals surface area (Å²) in [6, 6.07) is 2.04. The van der Waals surface area contributed by atoms with E-state index in [9.17, 15) is 5.11 Å². The van der Waals surface area contributed by atoms with Crippen molar-refractivity contribution < 1.29 is 10.2 Å². The molecule has 2 N–H and O–H groups in total. The lowest BCUT2D eigenvalue weighted by atomic mass is 10.3. The second kappa shape index (κ2) is 6.97. The fourth-order valence-electron chi connectivity index (χ4n) is 1.02. The normalized spacial score (nSPS) is 14.0. The number of hydrogen-bond acceptors (Lipinski definition) is 4. The molecule has 0 aliphatic rings. The number of aliphatic hydroxyl groups excluding tert-OH is 2. The number of hydrogen-bond donors (Lipinski definition) is 2. The monoisotopic (exact) mass is 256 g/mol. The Bertz CT molecular complexity index is 374. The van der Waals surface area contributed by atoms with Crippen LogP contribution in [0.15, 0.2) is 11.4 Å². The molecule has 0 amide bonds. The van der Waals surface area contributed by atoms with Gasteiger partial charge >= 0.3 is 0 Å². The number of thiophene rings is 1. The molecule has 0 saturated heterocycles. The molecule has 1 heterocycles. The minimum Gasteiger partial charge on any atom is -0.392 e. The van der Waals surface area contributed by atoms with Crippen molar-refractivity contribution in [3.8, 4) is 11.8 Å². The van der Waals surface area contributed by atoms with Crippen LogP contribution < -0.4 is 0 Å².